The Kier molecular flexibility index (Phi) is 10.5. The van der Waals surface area contributed by atoms with Crippen molar-refractivity contribution in [2.24, 2.45) is 0 Å². The van der Waals surface area contributed by atoms with Gasteiger partial charge in [0.25, 0.3) is 5.85 Å². The van der Waals surface area contributed by atoms with Crippen LogP contribution in [0.4, 0.5) is 14.7 Å². The van der Waals surface area contributed by atoms with E-state index in [1.807, 2.05) is 0 Å². The number of halogens is 2. The molecule has 0 spiro atoms. The summed E-state index contributed by atoms with van der Waals surface area (Å²) in [5.41, 5.74) is -2.21. The SMILES string of the molecule is CCOc1nc(NC=O)nc2c([C@@H]3O[C@](F)(COP(=O)(NC(C)C(=O)OC4CCCCC4)Oc4ccccc4)[C@@H](F)[C@@]3(C)O)c[nH]c12. The number of ether oxygens (including phenoxy) is 3. The molecule has 47 heavy (non-hydrogen) atoms. The van der Waals surface area contributed by atoms with E-state index in [0.29, 0.717) is 19.3 Å². The van der Waals surface area contributed by atoms with Crippen molar-refractivity contribution < 1.29 is 51.3 Å². The maximum Gasteiger partial charge on any atom is 0.459 e. The van der Waals surface area contributed by atoms with E-state index in [-0.39, 0.29) is 46.9 Å². The number of esters is 1. The van der Waals surface area contributed by atoms with E-state index in [2.05, 4.69) is 25.4 Å². The van der Waals surface area contributed by atoms with Gasteiger partial charge in [-0.3, -0.25) is 19.4 Å². The van der Waals surface area contributed by atoms with Crippen molar-refractivity contribution in [1.82, 2.24) is 20.0 Å². The first-order valence-electron chi connectivity index (χ1n) is 15.3. The summed E-state index contributed by atoms with van der Waals surface area (Å²) in [6.07, 6.45) is 1.26. The van der Waals surface area contributed by atoms with Gasteiger partial charge in [-0.05, 0) is 58.6 Å². The predicted molar refractivity (Wildman–Crippen MR) is 164 cm³/mol. The smallest absolute Gasteiger partial charge is 0.459 e. The maximum absolute atomic E-state index is 16.4. The fraction of sp³-hybridized carbons (Fsp3) is 0.533. The number of benzene rings is 1. The average molecular weight is 682 g/mol. The van der Waals surface area contributed by atoms with Crippen LogP contribution >= 0.6 is 7.75 Å². The fourth-order valence-corrected chi connectivity index (χ4v) is 7.11. The van der Waals surface area contributed by atoms with Crippen molar-refractivity contribution >= 4 is 37.1 Å². The van der Waals surface area contributed by atoms with Crippen LogP contribution in [0.2, 0.25) is 0 Å². The largest absolute Gasteiger partial charge is 0.476 e. The number of H-pyrrole nitrogens is 1. The van der Waals surface area contributed by atoms with Gasteiger partial charge in [-0.2, -0.15) is 10.1 Å². The number of hydrogen-bond donors (Lipinski definition) is 4. The normalized spacial score (nSPS) is 26.8. The highest BCUT2D eigenvalue weighted by atomic mass is 31.2. The Labute approximate surface area is 269 Å². The number of amides is 1. The van der Waals surface area contributed by atoms with Crippen LogP contribution in [0, 0.1) is 0 Å². The summed E-state index contributed by atoms with van der Waals surface area (Å²) in [5.74, 6) is -4.14. The molecule has 4 N–H and O–H groups in total. The van der Waals surface area contributed by atoms with Crippen LogP contribution in [-0.2, 0) is 28.2 Å². The third-order valence-corrected chi connectivity index (χ3v) is 9.57. The Hall–Kier alpha value is -3.69. The van der Waals surface area contributed by atoms with Crippen molar-refractivity contribution in [2.75, 3.05) is 18.5 Å². The minimum absolute atomic E-state index is 0.0189. The first-order valence-corrected chi connectivity index (χ1v) is 16.9. The first kappa shape index (κ1) is 34.6. The molecule has 1 aliphatic carbocycles. The monoisotopic (exact) mass is 681 g/mol. The van der Waals surface area contributed by atoms with Crippen molar-refractivity contribution in [3.05, 3.63) is 42.1 Å². The molecular weight excluding hydrogens is 643 g/mol. The molecule has 1 amide bonds. The second-order valence-electron chi connectivity index (χ2n) is 11.6. The molecular formula is C30H38F2N5O9P. The second-order valence-corrected chi connectivity index (χ2v) is 13.3. The van der Waals surface area contributed by atoms with E-state index in [4.69, 9.17) is 23.3 Å². The summed E-state index contributed by atoms with van der Waals surface area (Å²) >= 11 is 0. The Morgan fingerprint density at radius 1 is 1.26 bits per heavy atom. The molecule has 1 aromatic carbocycles. The zero-order valence-electron chi connectivity index (χ0n) is 26.1. The number of aromatic amines is 1. The number of alkyl halides is 2. The van der Waals surface area contributed by atoms with Crippen molar-refractivity contribution in [3.63, 3.8) is 0 Å². The summed E-state index contributed by atoms with van der Waals surface area (Å²) in [5, 5.41) is 16.0. The summed E-state index contributed by atoms with van der Waals surface area (Å²) in [7, 11) is -4.62. The number of carbonyl (C=O) groups is 2. The van der Waals surface area contributed by atoms with E-state index in [1.165, 1.54) is 25.3 Å². The van der Waals surface area contributed by atoms with Gasteiger partial charge in [0, 0.05) is 11.8 Å². The topological polar surface area (TPSA) is 183 Å². The molecule has 3 heterocycles. The molecule has 1 saturated heterocycles. The Morgan fingerprint density at radius 3 is 2.66 bits per heavy atom. The Bertz CT molecular complexity index is 1610. The molecule has 17 heteroatoms. The van der Waals surface area contributed by atoms with Crippen LogP contribution in [0.5, 0.6) is 11.6 Å². The number of aromatic nitrogens is 3. The number of nitrogens with zero attached hydrogens (tertiary/aromatic N) is 2. The van der Waals surface area contributed by atoms with Gasteiger partial charge < -0.3 is 28.8 Å². The number of fused-ring (bicyclic) bond motifs is 1. The molecule has 256 valence electrons. The molecule has 2 aromatic heterocycles. The molecule has 1 aliphatic heterocycles. The molecule has 2 aliphatic rings. The van der Waals surface area contributed by atoms with Crippen LogP contribution in [0.25, 0.3) is 11.0 Å². The number of aliphatic hydroxyl groups is 1. The third-order valence-electron chi connectivity index (χ3n) is 7.95. The average Bonchev–Trinajstić information content (AvgIpc) is 3.54. The van der Waals surface area contributed by atoms with Crippen molar-refractivity contribution in [3.8, 4) is 11.6 Å². The quantitative estimate of drug-likeness (QED) is 0.104. The number of rotatable bonds is 14. The fourth-order valence-electron chi connectivity index (χ4n) is 5.61. The van der Waals surface area contributed by atoms with Crippen LogP contribution in [-0.4, -0.2) is 75.4 Å². The number of para-hydroxylation sites is 1. The molecule has 3 aromatic rings. The van der Waals surface area contributed by atoms with E-state index >= 15 is 8.78 Å². The van der Waals surface area contributed by atoms with E-state index in [9.17, 15) is 19.3 Å². The van der Waals surface area contributed by atoms with E-state index < -0.39 is 50.1 Å². The zero-order valence-corrected chi connectivity index (χ0v) is 27.0. The lowest BCUT2D eigenvalue weighted by Crippen LogP contribution is -2.46. The number of hydrogen-bond acceptors (Lipinski definition) is 11. The molecule has 6 atom stereocenters. The standard InChI is InChI=1S/C30H38F2N5O9P/c1-4-42-25-23-22(35-28(36-25)34-17-38)21(15-33-23)24-29(3,40)27(31)30(32,45-24)16-43-47(41,46-20-13-9-6-10-14-20)37-18(2)26(39)44-19-11-7-5-8-12-19/h6,9-10,13-15,17-19,24,27,33,40H,4-5,7-8,11-12,16H2,1-3H3,(H,37,41)(H,34,35,36,38)/t18?,24-,27-,29-,30+,47?/m0/s1. The van der Waals surface area contributed by atoms with Gasteiger partial charge >= 0.3 is 13.7 Å². The highest BCUT2D eigenvalue weighted by Gasteiger charge is 2.65. The van der Waals surface area contributed by atoms with Gasteiger partial charge in [0.05, 0.1) is 6.61 Å². The van der Waals surface area contributed by atoms with Gasteiger partial charge in [0.1, 0.15) is 47.2 Å². The van der Waals surface area contributed by atoms with Crippen LogP contribution in [0.3, 0.4) is 0 Å². The number of carbonyl (C=O) groups excluding carboxylic acids is 2. The lowest BCUT2D eigenvalue weighted by Gasteiger charge is -2.28. The summed E-state index contributed by atoms with van der Waals surface area (Å²) in [6, 6.07) is 6.56. The van der Waals surface area contributed by atoms with Gasteiger partial charge in [-0.25, -0.2) is 18.3 Å². The second kappa shape index (κ2) is 14.2. The first-order chi connectivity index (χ1) is 22.4. The molecule has 1 saturated carbocycles. The summed E-state index contributed by atoms with van der Waals surface area (Å²) in [6.45, 7) is 3.00. The van der Waals surface area contributed by atoms with E-state index in [1.54, 1.807) is 25.1 Å². The van der Waals surface area contributed by atoms with Crippen LogP contribution in [0.1, 0.15) is 64.5 Å². The predicted octanol–water partition coefficient (Wildman–Crippen LogP) is 4.81. The lowest BCUT2D eigenvalue weighted by molar-refractivity contribution is -0.179. The van der Waals surface area contributed by atoms with Crippen LogP contribution < -0.4 is 19.7 Å². The highest BCUT2D eigenvalue weighted by molar-refractivity contribution is 7.52. The highest BCUT2D eigenvalue weighted by Crippen LogP contribution is 2.53. The summed E-state index contributed by atoms with van der Waals surface area (Å²) in [4.78, 5) is 35.1. The van der Waals surface area contributed by atoms with Gasteiger partial charge in [0.15, 0.2) is 6.17 Å². The van der Waals surface area contributed by atoms with Crippen LogP contribution in [0.15, 0.2) is 36.5 Å². The summed E-state index contributed by atoms with van der Waals surface area (Å²) < 4.78 is 73.8. The molecule has 2 unspecified atom stereocenters. The van der Waals surface area contributed by atoms with Gasteiger partial charge in [-0.1, -0.05) is 24.6 Å². The number of nitrogens with one attached hydrogen (secondary N) is 3. The minimum atomic E-state index is -4.62. The molecule has 5 rings (SSSR count). The van der Waals surface area contributed by atoms with Crippen molar-refractivity contribution in [2.45, 2.75) is 88.8 Å². The van der Waals surface area contributed by atoms with E-state index in [0.717, 1.165) is 26.2 Å². The van der Waals surface area contributed by atoms with Gasteiger partial charge in [0.2, 0.25) is 18.2 Å². The van der Waals surface area contributed by atoms with Crippen molar-refractivity contribution in [1.29, 1.82) is 0 Å². The van der Waals surface area contributed by atoms with Gasteiger partial charge in [-0.15, -0.1) is 0 Å². The zero-order chi connectivity index (χ0) is 33.8. The third kappa shape index (κ3) is 7.57. The minimum Gasteiger partial charge on any atom is -0.476 e. The Morgan fingerprint density at radius 2 is 1.98 bits per heavy atom. The molecule has 2 fully saturated rings. The lowest BCUT2D eigenvalue weighted by atomic mass is 9.90. The number of anilines is 1. The maximum atomic E-state index is 16.4. The molecule has 0 radical (unpaired) electrons. The molecule has 14 nitrogen and oxygen atoms in total. The molecule has 0 bridgehead atoms. The Balaban J connectivity index is 1.38.